The SMILES string of the molecule is Cc1nc(CSc2ccccc2C(=O)OCC(=O)N2CCCCC2C)cs1. The lowest BCUT2D eigenvalue weighted by Crippen LogP contribution is -2.44. The number of hydrogen-bond acceptors (Lipinski definition) is 6. The van der Waals surface area contributed by atoms with Crippen LogP contribution in [0.25, 0.3) is 0 Å². The highest BCUT2D eigenvalue weighted by molar-refractivity contribution is 7.98. The van der Waals surface area contributed by atoms with Gasteiger partial charge in [0, 0.05) is 28.6 Å². The van der Waals surface area contributed by atoms with E-state index in [1.165, 1.54) is 0 Å². The number of carbonyl (C=O) groups is 2. The number of amides is 1. The zero-order valence-electron chi connectivity index (χ0n) is 15.6. The molecule has 2 heterocycles. The largest absolute Gasteiger partial charge is 0.452 e. The van der Waals surface area contributed by atoms with Crippen molar-refractivity contribution in [2.45, 2.75) is 49.8 Å². The maximum absolute atomic E-state index is 12.5. The van der Waals surface area contributed by atoms with Crippen molar-refractivity contribution in [1.29, 1.82) is 0 Å². The van der Waals surface area contributed by atoms with Gasteiger partial charge in [0.25, 0.3) is 5.91 Å². The van der Waals surface area contributed by atoms with Crippen molar-refractivity contribution < 1.29 is 14.3 Å². The van der Waals surface area contributed by atoms with Crippen LogP contribution in [0.2, 0.25) is 0 Å². The summed E-state index contributed by atoms with van der Waals surface area (Å²) in [4.78, 5) is 32.0. The summed E-state index contributed by atoms with van der Waals surface area (Å²) in [5.74, 6) is 0.128. The lowest BCUT2D eigenvalue weighted by molar-refractivity contribution is -0.137. The van der Waals surface area contributed by atoms with Gasteiger partial charge in [0.15, 0.2) is 6.61 Å². The fraction of sp³-hybridized carbons (Fsp3) is 0.450. The number of carbonyl (C=O) groups excluding carboxylic acids is 2. The van der Waals surface area contributed by atoms with Gasteiger partial charge in [-0.15, -0.1) is 23.1 Å². The summed E-state index contributed by atoms with van der Waals surface area (Å²) in [6.07, 6.45) is 3.17. The van der Waals surface area contributed by atoms with Crippen LogP contribution < -0.4 is 0 Å². The predicted molar refractivity (Wildman–Crippen MR) is 108 cm³/mol. The van der Waals surface area contributed by atoms with Gasteiger partial charge in [-0.1, -0.05) is 12.1 Å². The van der Waals surface area contributed by atoms with E-state index in [-0.39, 0.29) is 18.6 Å². The third kappa shape index (κ3) is 5.32. The lowest BCUT2D eigenvalue weighted by Gasteiger charge is -2.33. The number of nitrogens with zero attached hydrogens (tertiary/aromatic N) is 2. The van der Waals surface area contributed by atoms with Crippen molar-refractivity contribution in [2.75, 3.05) is 13.2 Å². The molecule has 1 saturated heterocycles. The highest BCUT2D eigenvalue weighted by Crippen LogP contribution is 2.27. The van der Waals surface area contributed by atoms with E-state index >= 15 is 0 Å². The Kier molecular flexibility index (Phi) is 6.90. The molecular formula is C20H24N2O3S2. The van der Waals surface area contributed by atoms with Crippen molar-refractivity contribution in [2.24, 2.45) is 0 Å². The minimum Gasteiger partial charge on any atom is -0.452 e. The second kappa shape index (κ2) is 9.37. The van der Waals surface area contributed by atoms with Crippen molar-refractivity contribution >= 4 is 35.0 Å². The van der Waals surface area contributed by atoms with Crippen LogP contribution in [0, 0.1) is 6.92 Å². The van der Waals surface area contributed by atoms with E-state index in [0.717, 1.165) is 41.4 Å². The number of rotatable bonds is 6. The number of aromatic nitrogens is 1. The number of aryl methyl sites for hydroxylation is 1. The van der Waals surface area contributed by atoms with Crippen LogP contribution >= 0.6 is 23.1 Å². The van der Waals surface area contributed by atoms with E-state index in [0.29, 0.717) is 11.3 Å². The molecule has 1 aromatic heterocycles. The first-order chi connectivity index (χ1) is 13.0. The van der Waals surface area contributed by atoms with E-state index in [1.54, 1.807) is 29.2 Å². The van der Waals surface area contributed by atoms with E-state index in [4.69, 9.17) is 4.74 Å². The molecule has 0 bridgehead atoms. The third-order valence-corrected chi connectivity index (χ3v) is 6.53. The van der Waals surface area contributed by atoms with Crippen molar-refractivity contribution in [3.8, 4) is 0 Å². The molecule has 0 saturated carbocycles. The fourth-order valence-corrected chi connectivity index (χ4v) is 4.79. The second-order valence-electron chi connectivity index (χ2n) is 6.65. The first-order valence-corrected chi connectivity index (χ1v) is 11.0. The Morgan fingerprint density at radius 3 is 2.89 bits per heavy atom. The lowest BCUT2D eigenvalue weighted by atomic mass is 10.0. The Morgan fingerprint density at radius 1 is 1.33 bits per heavy atom. The summed E-state index contributed by atoms with van der Waals surface area (Å²) >= 11 is 3.17. The smallest absolute Gasteiger partial charge is 0.339 e. The summed E-state index contributed by atoms with van der Waals surface area (Å²) in [5, 5.41) is 3.06. The van der Waals surface area contributed by atoms with Crippen LogP contribution in [0.1, 0.15) is 47.2 Å². The summed E-state index contributed by atoms with van der Waals surface area (Å²) in [5.41, 5.74) is 1.49. The highest BCUT2D eigenvalue weighted by Gasteiger charge is 2.24. The minimum absolute atomic E-state index is 0.112. The summed E-state index contributed by atoms with van der Waals surface area (Å²) in [6.45, 7) is 4.57. The molecule has 0 radical (unpaired) electrons. The van der Waals surface area contributed by atoms with Crippen LogP contribution in [0.15, 0.2) is 34.5 Å². The van der Waals surface area contributed by atoms with Crippen molar-refractivity contribution in [1.82, 2.24) is 9.88 Å². The minimum atomic E-state index is -0.453. The van der Waals surface area contributed by atoms with Gasteiger partial charge in [0.1, 0.15) is 0 Å². The van der Waals surface area contributed by atoms with Crippen LogP contribution in [-0.2, 0) is 15.3 Å². The topological polar surface area (TPSA) is 59.5 Å². The van der Waals surface area contributed by atoms with Crippen LogP contribution in [0.3, 0.4) is 0 Å². The average Bonchev–Trinajstić information content (AvgIpc) is 3.10. The molecule has 5 nitrogen and oxygen atoms in total. The number of ether oxygens (including phenoxy) is 1. The van der Waals surface area contributed by atoms with Gasteiger partial charge in [-0.05, 0) is 45.2 Å². The molecule has 1 fully saturated rings. The molecule has 144 valence electrons. The molecule has 0 spiro atoms. The summed E-state index contributed by atoms with van der Waals surface area (Å²) in [7, 11) is 0. The second-order valence-corrected chi connectivity index (χ2v) is 8.73. The van der Waals surface area contributed by atoms with Crippen molar-refractivity contribution in [3.63, 3.8) is 0 Å². The average molecular weight is 405 g/mol. The Hall–Kier alpha value is -1.86. The zero-order valence-corrected chi connectivity index (χ0v) is 17.3. The normalized spacial score (nSPS) is 17.0. The number of piperidine rings is 1. The number of esters is 1. The maximum atomic E-state index is 12.5. The van der Waals surface area contributed by atoms with Gasteiger partial charge < -0.3 is 9.64 Å². The molecule has 7 heteroatoms. The zero-order chi connectivity index (χ0) is 19.2. The monoisotopic (exact) mass is 404 g/mol. The van der Waals surface area contributed by atoms with Gasteiger partial charge >= 0.3 is 5.97 Å². The molecule has 1 atom stereocenters. The summed E-state index contributed by atoms with van der Waals surface area (Å²) in [6, 6.07) is 7.56. The van der Waals surface area contributed by atoms with E-state index < -0.39 is 5.97 Å². The van der Waals surface area contributed by atoms with E-state index in [2.05, 4.69) is 4.98 Å². The number of likely N-dealkylation sites (tertiary alicyclic amines) is 1. The Balaban J connectivity index is 1.58. The Labute approximate surface area is 168 Å². The number of hydrogen-bond donors (Lipinski definition) is 0. The highest BCUT2D eigenvalue weighted by atomic mass is 32.2. The molecule has 0 N–H and O–H groups in total. The van der Waals surface area contributed by atoms with Gasteiger partial charge in [-0.25, -0.2) is 9.78 Å². The van der Waals surface area contributed by atoms with Gasteiger partial charge in [0.2, 0.25) is 0 Å². The van der Waals surface area contributed by atoms with Crippen LogP contribution in [0.5, 0.6) is 0 Å². The Bertz CT molecular complexity index is 806. The molecule has 1 aliphatic rings. The number of thioether (sulfide) groups is 1. The summed E-state index contributed by atoms with van der Waals surface area (Å²) < 4.78 is 5.33. The maximum Gasteiger partial charge on any atom is 0.339 e. The van der Waals surface area contributed by atoms with E-state index in [1.807, 2.05) is 42.3 Å². The van der Waals surface area contributed by atoms with Gasteiger partial charge in [-0.3, -0.25) is 4.79 Å². The molecule has 27 heavy (non-hydrogen) atoms. The third-order valence-electron chi connectivity index (χ3n) is 4.60. The standard InChI is InChI=1S/C20H24N2O3S2/c1-14-7-5-6-10-22(14)19(23)11-25-20(24)17-8-3-4-9-18(17)27-13-16-12-26-15(2)21-16/h3-4,8-9,12,14H,5-7,10-11,13H2,1-2H3. The predicted octanol–water partition coefficient (Wildman–Crippen LogP) is 4.30. The van der Waals surface area contributed by atoms with Crippen LogP contribution in [-0.4, -0.2) is 41.0 Å². The van der Waals surface area contributed by atoms with Gasteiger partial charge in [-0.2, -0.15) is 0 Å². The van der Waals surface area contributed by atoms with Crippen molar-refractivity contribution in [3.05, 3.63) is 45.9 Å². The first-order valence-electron chi connectivity index (χ1n) is 9.14. The molecule has 3 rings (SSSR count). The molecule has 2 aromatic rings. The first kappa shape index (κ1) is 19.9. The fourth-order valence-electron chi connectivity index (χ4n) is 3.14. The molecule has 1 aliphatic heterocycles. The molecular weight excluding hydrogens is 380 g/mol. The van der Waals surface area contributed by atoms with Gasteiger partial charge in [0.05, 0.1) is 16.3 Å². The molecule has 0 aliphatic carbocycles. The number of benzene rings is 1. The quantitative estimate of drug-likeness (QED) is 0.531. The molecule has 1 aromatic carbocycles. The van der Waals surface area contributed by atoms with Crippen LogP contribution in [0.4, 0.5) is 0 Å². The van der Waals surface area contributed by atoms with E-state index in [9.17, 15) is 9.59 Å². The number of thiazole rings is 1. The Morgan fingerprint density at radius 2 is 2.15 bits per heavy atom. The molecule has 1 unspecified atom stereocenters. The molecule has 1 amide bonds.